The lowest BCUT2D eigenvalue weighted by Crippen LogP contribution is -2.66. The van der Waals surface area contributed by atoms with E-state index in [-0.39, 0.29) is 17.9 Å². The highest BCUT2D eigenvalue weighted by Gasteiger charge is 2.50. The molecule has 2 bridgehead atoms. The molecule has 0 radical (unpaired) electrons. The average Bonchev–Trinajstić information content (AvgIpc) is 3.35. The number of hydrogen-bond donors (Lipinski definition) is 2. The molecule has 1 aromatic heterocycles. The number of nitrogens with one attached hydrogen (secondary N) is 1. The first kappa shape index (κ1) is 25.0. The van der Waals surface area contributed by atoms with Crippen LogP contribution in [0.15, 0.2) is 72.1 Å². The number of esters is 1. The fourth-order valence-corrected chi connectivity index (χ4v) is 6.65. The van der Waals surface area contributed by atoms with E-state index >= 15 is 0 Å². The Bertz CT molecular complexity index is 1170. The molecule has 3 aliphatic rings. The number of ether oxygens (including phenoxy) is 1. The summed E-state index contributed by atoms with van der Waals surface area (Å²) in [7, 11) is 0. The molecule has 0 aliphatic carbocycles. The maximum absolute atomic E-state index is 13.6. The minimum Gasteiger partial charge on any atom is -0.453 e. The lowest BCUT2D eigenvalue weighted by atomic mass is 9.82. The predicted octanol–water partition coefficient (Wildman–Crippen LogP) is 4.22. The number of fused-ring (bicyclic) bond motifs is 3. The van der Waals surface area contributed by atoms with Crippen molar-refractivity contribution in [2.75, 3.05) is 32.7 Å². The number of thiophene rings is 1. The van der Waals surface area contributed by atoms with Gasteiger partial charge in [-0.25, -0.2) is 4.79 Å². The van der Waals surface area contributed by atoms with Crippen LogP contribution in [0.1, 0.15) is 33.6 Å². The Labute approximate surface area is 220 Å². The van der Waals surface area contributed by atoms with E-state index in [1.807, 2.05) is 36.4 Å². The van der Waals surface area contributed by atoms with Crippen LogP contribution >= 0.6 is 22.9 Å². The minimum absolute atomic E-state index is 0.154. The minimum atomic E-state index is -1.88. The molecule has 4 heterocycles. The second-order valence-corrected chi connectivity index (χ2v) is 11.1. The highest BCUT2D eigenvalue weighted by atomic mass is 35.5. The molecule has 0 saturated carbocycles. The highest BCUT2D eigenvalue weighted by Crippen LogP contribution is 2.38. The van der Waals surface area contributed by atoms with Gasteiger partial charge in [0.15, 0.2) is 6.10 Å². The third kappa shape index (κ3) is 4.81. The van der Waals surface area contributed by atoms with Crippen molar-refractivity contribution in [2.24, 2.45) is 5.92 Å². The zero-order chi connectivity index (χ0) is 25.2. The number of carbonyl (C=O) groups excluding carboxylic acids is 2. The van der Waals surface area contributed by atoms with Crippen molar-refractivity contribution in [1.82, 2.24) is 5.32 Å². The highest BCUT2D eigenvalue weighted by molar-refractivity contribution is 7.12. The summed E-state index contributed by atoms with van der Waals surface area (Å²) in [5.74, 6) is -0.513. The van der Waals surface area contributed by atoms with Crippen molar-refractivity contribution >= 4 is 34.8 Å². The van der Waals surface area contributed by atoms with Crippen LogP contribution in [0, 0.1) is 5.92 Å². The van der Waals surface area contributed by atoms with Gasteiger partial charge < -0.3 is 19.6 Å². The quantitative estimate of drug-likeness (QED) is 0.341. The van der Waals surface area contributed by atoms with E-state index in [2.05, 4.69) is 5.32 Å². The molecule has 0 unspecified atom stereocenters. The summed E-state index contributed by atoms with van der Waals surface area (Å²) in [4.78, 5) is 26.6. The standard InChI is InChI=1S/C28H29ClN2O4S/c29-23-13-18-36-25(23)26(32)30-14-17-31-15-11-20(12-16-31)24(19-31)35-27(33)28(34,21-7-3-1-4-8-21)22-9-5-2-6-10-22/h1-10,13,18,20,24,34H,11-12,14-17,19H2/p+1/t20?,24-,31?/m0/s1. The summed E-state index contributed by atoms with van der Waals surface area (Å²) in [5, 5.41) is 17.0. The zero-order valence-electron chi connectivity index (χ0n) is 19.9. The van der Waals surface area contributed by atoms with Crippen LogP contribution in [0.5, 0.6) is 0 Å². The molecule has 3 saturated heterocycles. The van der Waals surface area contributed by atoms with E-state index in [0.29, 0.717) is 34.1 Å². The van der Waals surface area contributed by atoms with Crippen molar-refractivity contribution in [3.8, 4) is 0 Å². The van der Waals surface area contributed by atoms with E-state index in [4.69, 9.17) is 16.3 Å². The molecule has 2 N–H and O–H groups in total. The monoisotopic (exact) mass is 525 g/mol. The summed E-state index contributed by atoms with van der Waals surface area (Å²) >= 11 is 7.42. The number of carbonyl (C=O) groups is 2. The number of piperidine rings is 3. The molecule has 6 nitrogen and oxygen atoms in total. The number of rotatable bonds is 8. The number of benzene rings is 2. The van der Waals surface area contributed by atoms with Crippen molar-refractivity contribution in [1.29, 1.82) is 0 Å². The molecule has 6 rings (SSSR count). The van der Waals surface area contributed by atoms with Gasteiger partial charge in [0.05, 0.1) is 31.2 Å². The molecule has 36 heavy (non-hydrogen) atoms. The molecule has 0 spiro atoms. The molecule has 1 amide bonds. The molecule has 188 valence electrons. The third-order valence-electron chi connectivity index (χ3n) is 7.67. The van der Waals surface area contributed by atoms with Crippen LogP contribution in [-0.2, 0) is 15.1 Å². The van der Waals surface area contributed by atoms with Crippen molar-refractivity contribution in [2.45, 2.75) is 24.5 Å². The van der Waals surface area contributed by atoms with Gasteiger partial charge in [0.2, 0.25) is 5.60 Å². The Morgan fingerprint density at radius 3 is 2.19 bits per heavy atom. The number of aliphatic hydroxyl groups is 1. The van der Waals surface area contributed by atoms with Gasteiger partial charge in [0, 0.05) is 18.8 Å². The van der Waals surface area contributed by atoms with E-state index in [9.17, 15) is 14.7 Å². The van der Waals surface area contributed by atoms with E-state index < -0.39 is 11.6 Å². The molecular weight excluding hydrogens is 496 g/mol. The molecule has 2 aromatic carbocycles. The topological polar surface area (TPSA) is 75.6 Å². The number of hydrogen-bond acceptors (Lipinski definition) is 5. The molecule has 1 atom stereocenters. The molecule has 3 aliphatic heterocycles. The maximum atomic E-state index is 13.6. The lowest BCUT2D eigenvalue weighted by Gasteiger charge is -2.52. The SMILES string of the molecule is O=C(NCC[N+]12CCC(CC1)[C@@H](OC(=O)C(O)(c1ccccc1)c1ccccc1)C2)c1sccc1Cl. The second-order valence-electron chi connectivity index (χ2n) is 9.77. The Hall–Kier alpha value is -2.71. The summed E-state index contributed by atoms with van der Waals surface area (Å²) in [5.41, 5.74) is -0.907. The van der Waals surface area contributed by atoms with E-state index in [1.54, 1.807) is 35.7 Å². The van der Waals surface area contributed by atoms with E-state index in [0.717, 1.165) is 37.0 Å². The van der Waals surface area contributed by atoms with Gasteiger partial charge in [-0.05, 0) is 22.6 Å². The van der Waals surface area contributed by atoms with Gasteiger partial charge in [-0.2, -0.15) is 0 Å². The number of amides is 1. The number of quaternary nitrogens is 1. The summed E-state index contributed by atoms with van der Waals surface area (Å²) in [6, 6.07) is 19.7. The van der Waals surface area contributed by atoms with Gasteiger partial charge in [0.1, 0.15) is 11.4 Å². The summed E-state index contributed by atoms with van der Waals surface area (Å²) in [6.07, 6.45) is 1.64. The molecule has 3 fully saturated rings. The summed E-state index contributed by atoms with van der Waals surface area (Å²) in [6.45, 7) is 3.96. The van der Waals surface area contributed by atoms with Crippen molar-refractivity contribution in [3.63, 3.8) is 0 Å². The Balaban J connectivity index is 1.28. The van der Waals surface area contributed by atoms with Gasteiger partial charge in [-0.15, -0.1) is 11.3 Å². The smallest absolute Gasteiger partial charge is 0.348 e. The Kier molecular flexibility index (Phi) is 7.17. The molecule has 3 aromatic rings. The first-order valence-corrected chi connectivity index (χ1v) is 13.6. The second kappa shape index (κ2) is 10.3. The first-order chi connectivity index (χ1) is 17.4. The fraction of sp³-hybridized carbons (Fsp3) is 0.357. The first-order valence-electron chi connectivity index (χ1n) is 12.3. The van der Waals surface area contributed by atoms with Crippen LogP contribution in [0.3, 0.4) is 0 Å². The van der Waals surface area contributed by atoms with Gasteiger partial charge in [-0.1, -0.05) is 72.3 Å². The van der Waals surface area contributed by atoms with Crippen LogP contribution in [-0.4, -0.2) is 60.3 Å². The molecule has 8 heteroatoms. The van der Waals surface area contributed by atoms with Gasteiger partial charge in [-0.3, -0.25) is 4.79 Å². The van der Waals surface area contributed by atoms with Crippen molar-refractivity contribution in [3.05, 3.63) is 93.1 Å². The van der Waals surface area contributed by atoms with Crippen LogP contribution in [0.4, 0.5) is 0 Å². The van der Waals surface area contributed by atoms with Gasteiger partial charge in [0.25, 0.3) is 5.91 Å². The lowest BCUT2D eigenvalue weighted by molar-refractivity contribution is -0.945. The van der Waals surface area contributed by atoms with Crippen LogP contribution < -0.4 is 5.32 Å². The predicted molar refractivity (Wildman–Crippen MR) is 140 cm³/mol. The third-order valence-corrected chi connectivity index (χ3v) is 9.01. The average molecular weight is 526 g/mol. The summed E-state index contributed by atoms with van der Waals surface area (Å²) < 4.78 is 6.91. The van der Waals surface area contributed by atoms with Crippen LogP contribution in [0.25, 0.3) is 0 Å². The number of halogens is 1. The Morgan fingerprint density at radius 1 is 1.03 bits per heavy atom. The largest absolute Gasteiger partial charge is 0.453 e. The maximum Gasteiger partial charge on any atom is 0.348 e. The van der Waals surface area contributed by atoms with Crippen molar-refractivity contribution < 1.29 is 23.9 Å². The van der Waals surface area contributed by atoms with E-state index in [1.165, 1.54) is 11.3 Å². The Morgan fingerprint density at radius 2 is 1.64 bits per heavy atom. The fourth-order valence-electron chi connectivity index (χ4n) is 5.60. The van der Waals surface area contributed by atoms with Crippen LogP contribution in [0.2, 0.25) is 5.02 Å². The van der Waals surface area contributed by atoms with Gasteiger partial charge >= 0.3 is 5.97 Å². The molecular formula is C28H30ClN2O4S+. The zero-order valence-corrected chi connectivity index (χ0v) is 21.5. The normalized spacial score (nSPS) is 23.3. The number of nitrogens with zero attached hydrogens (tertiary/aromatic N) is 1.